The summed E-state index contributed by atoms with van der Waals surface area (Å²) in [6, 6.07) is 19.7. The number of benzene rings is 2. The van der Waals surface area contributed by atoms with Crippen LogP contribution in [0.2, 0.25) is 5.02 Å². The first kappa shape index (κ1) is 26.0. The number of nitrogens with zero attached hydrogens (tertiary/aromatic N) is 3. The fourth-order valence-electron chi connectivity index (χ4n) is 5.01. The van der Waals surface area contributed by atoms with Crippen molar-refractivity contribution in [3.8, 4) is 0 Å². The fourth-order valence-corrected chi connectivity index (χ4v) is 5.20. The van der Waals surface area contributed by atoms with Gasteiger partial charge in [0, 0.05) is 41.6 Å². The number of hydrogen-bond acceptors (Lipinski definition) is 2. The van der Waals surface area contributed by atoms with Crippen LogP contribution in [0.1, 0.15) is 66.2 Å². The van der Waals surface area contributed by atoms with Gasteiger partial charge < -0.3 is 14.4 Å². The van der Waals surface area contributed by atoms with Crippen molar-refractivity contribution in [1.29, 1.82) is 0 Å². The van der Waals surface area contributed by atoms with Crippen LogP contribution in [0.25, 0.3) is 0 Å². The van der Waals surface area contributed by atoms with E-state index in [1.165, 1.54) is 6.42 Å². The van der Waals surface area contributed by atoms with Crippen LogP contribution in [0.15, 0.2) is 66.9 Å². The SMILES string of the molecule is CCN(CC(=O)N(Cc1cccn1Cc1ccccc1Cl)C1CCCCC1)C(=O)c1ccc(C)cc1. The lowest BCUT2D eigenvalue weighted by atomic mass is 9.94. The molecule has 1 aliphatic carbocycles. The Kier molecular flexibility index (Phi) is 8.87. The van der Waals surface area contributed by atoms with Crippen molar-refractivity contribution < 1.29 is 9.59 Å². The summed E-state index contributed by atoms with van der Waals surface area (Å²) in [4.78, 5) is 30.6. The van der Waals surface area contributed by atoms with Gasteiger partial charge in [0.2, 0.25) is 5.91 Å². The van der Waals surface area contributed by atoms with E-state index in [1.807, 2.05) is 79.5 Å². The van der Waals surface area contributed by atoms with Crippen LogP contribution in [0.3, 0.4) is 0 Å². The van der Waals surface area contributed by atoms with Gasteiger partial charge in [-0.3, -0.25) is 9.59 Å². The molecule has 0 unspecified atom stereocenters. The van der Waals surface area contributed by atoms with Crippen molar-refractivity contribution in [1.82, 2.24) is 14.4 Å². The molecule has 2 aromatic carbocycles. The highest BCUT2D eigenvalue weighted by Crippen LogP contribution is 2.25. The Balaban J connectivity index is 1.53. The highest BCUT2D eigenvalue weighted by molar-refractivity contribution is 6.31. The first-order valence-electron chi connectivity index (χ1n) is 13.0. The zero-order chi connectivity index (χ0) is 25.5. The molecule has 1 fully saturated rings. The van der Waals surface area contributed by atoms with E-state index in [0.717, 1.165) is 47.5 Å². The van der Waals surface area contributed by atoms with Gasteiger partial charge in [0.15, 0.2) is 0 Å². The van der Waals surface area contributed by atoms with E-state index in [9.17, 15) is 9.59 Å². The Morgan fingerprint density at radius 2 is 1.69 bits per heavy atom. The number of halogens is 1. The maximum Gasteiger partial charge on any atom is 0.254 e. The number of carbonyl (C=O) groups excluding carboxylic acids is 2. The van der Waals surface area contributed by atoms with Crippen LogP contribution >= 0.6 is 11.6 Å². The largest absolute Gasteiger partial charge is 0.345 e. The second kappa shape index (κ2) is 12.3. The van der Waals surface area contributed by atoms with E-state index >= 15 is 0 Å². The third-order valence-corrected chi connectivity index (χ3v) is 7.55. The maximum atomic E-state index is 13.8. The molecule has 6 heteroatoms. The summed E-state index contributed by atoms with van der Waals surface area (Å²) in [7, 11) is 0. The quantitative estimate of drug-likeness (QED) is 0.341. The molecular weight excluding hydrogens is 470 g/mol. The average Bonchev–Trinajstić information content (AvgIpc) is 3.34. The fraction of sp³-hybridized carbons (Fsp3) is 0.400. The second-order valence-electron chi connectivity index (χ2n) is 9.72. The topological polar surface area (TPSA) is 45.6 Å². The lowest BCUT2D eigenvalue weighted by molar-refractivity contribution is -0.135. The standard InChI is InChI=1S/C30H36ClN3O2/c1-3-32(30(36)24-17-15-23(2)16-18-24)22-29(35)34(26-11-5-4-6-12-26)21-27-13-9-19-33(27)20-25-10-7-8-14-28(25)31/h7-10,13-19,26H,3-6,11-12,20-22H2,1-2H3. The van der Waals surface area contributed by atoms with Gasteiger partial charge in [-0.1, -0.05) is 66.8 Å². The van der Waals surface area contributed by atoms with E-state index in [4.69, 9.17) is 11.6 Å². The predicted molar refractivity (Wildman–Crippen MR) is 145 cm³/mol. The van der Waals surface area contributed by atoms with Crippen molar-refractivity contribution >= 4 is 23.4 Å². The highest BCUT2D eigenvalue weighted by atomic mass is 35.5. The predicted octanol–water partition coefficient (Wildman–Crippen LogP) is 6.32. The molecule has 0 radical (unpaired) electrons. The minimum atomic E-state index is -0.100. The Labute approximate surface area is 219 Å². The molecule has 1 aromatic heterocycles. The molecule has 2 amide bonds. The Hall–Kier alpha value is -3.05. The molecule has 5 nitrogen and oxygen atoms in total. The van der Waals surface area contributed by atoms with Crippen LogP contribution in [-0.2, 0) is 17.9 Å². The molecule has 0 N–H and O–H groups in total. The molecule has 0 atom stereocenters. The summed E-state index contributed by atoms with van der Waals surface area (Å²) < 4.78 is 2.17. The number of carbonyl (C=O) groups is 2. The molecule has 0 bridgehead atoms. The second-order valence-corrected chi connectivity index (χ2v) is 10.1. The number of rotatable bonds is 9. The third kappa shape index (κ3) is 6.38. The number of amides is 2. The zero-order valence-corrected chi connectivity index (χ0v) is 22.1. The lowest BCUT2D eigenvalue weighted by Gasteiger charge is -2.36. The van der Waals surface area contributed by atoms with E-state index in [0.29, 0.717) is 25.2 Å². The summed E-state index contributed by atoms with van der Waals surface area (Å²) in [6.07, 6.45) is 7.55. The third-order valence-electron chi connectivity index (χ3n) is 7.18. The summed E-state index contributed by atoms with van der Waals surface area (Å²) in [5.41, 5.74) is 3.84. The number of aryl methyl sites for hydroxylation is 1. The van der Waals surface area contributed by atoms with Crippen LogP contribution < -0.4 is 0 Å². The van der Waals surface area contributed by atoms with Crippen LogP contribution in [-0.4, -0.2) is 45.3 Å². The first-order valence-corrected chi connectivity index (χ1v) is 13.4. The minimum Gasteiger partial charge on any atom is -0.345 e. The molecule has 36 heavy (non-hydrogen) atoms. The summed E-state index contributed by atoms with van der Waals surface area (Å²) in [6.45, 7) is 5.68. The molecule has 1 aliphatic rings. The molecule has 0 spiro atoms. The summed E-state index contributed by atoms with van der Waals surface area (Å²) in [5, 5.41) is 0.741. The van der Waals surface area contributed by atoms with Gasteiger partial charge in [-0.05, 0) is 62.6 Å². The lowest BCUT2D eigenvalue weighted by Crippen LogP contribution is -2.47. The monoisotopic (exact) mass is 505 g/mol. The Morgan fingerprint density at radius 1 is 0.972 bits per heavy atom. The molecule has 3 aromatic rings. The molecule has 0 saturated heterocycles. The van der Waals surface area contributed by atoms with Crippen molar-refractivity contribution in [3.05, 3.63) is 94.3 Å². The van der Waals surface area contributed by atoms with E-state index in [1.54, 1.807) is 4.90 Å². The summed E-state index contributed by atoms with van der Waals surface area (Å²) in [5.74, 6) is -0.0914. The van der Waals surface area contributed by atoms with Crippen LogP contribution in [0.5, 0.6) is 0 Å². The zero-order valence-electron chi connectivity index (χ0n) is 21.3. The van der Waals surface area contributed by atoms with Gasteiger partial charge in [0.1, 0.15) is 6.54 Å². The van der Waals surface area contributed by atoms with Gasteiger partial charge in [-0.25, -0.2) is 0 Å². The molecular formula is C30H36ClN3O2. The van der Waals surface area contributed by atoms with E-state index in [-0.39, 0.29) is 24.4 Å². The van der Waals surface area contributed by atoms with Crippen LogP contribution in [0.4, 0.5) is 0 Å². The van der Waals surface area contributed by atoms with Gasteiger partial charge >= 0.3 is 0 Å². The van der Waals surface area contributed by atoms with Gasteiger partial charge in [0.05, 0.1) is 6.54 Å². The average molecular weight is 506 g/mol. The molecule has 190 valence electrons. The molecule has 0 aliphatic heterocycles. The Bertz CT molecular complexity index is 1160. The van der Waals surface area contributed by atoms with Gasteiger partial charge in [-0.15, -0.1) is 0 Å². The Morgan fingerprint density at radius 3 is 2.39 bits per heavy atom. The summed E-state index contributed by atoms with van der Waals surface area (Å²) >= 11 is 6.42. The number of likely N-dealkylation sites (N-methyl/N-ethyl adjacent to an activating group) is 1. The van der Waals surface area contributed by atoms with Gasteiger partial charge in [-0.2, -0.15) is 0 Å². The minimum absolute atomic E-state index is 0.00899. The first-order chi connectivity index (χ1) is 17.5. The van der Waals surface area contributed by atoms with Crippen molar-refractivity contribution in [2.45, 2.75) is 65.1 Å². The molecule has 4 rings (SSSR count). The maximum absolute atomic E-state index is 13.8. The van der Waals surface area contributed by atoms with Crippen molar-refractivity contribution in [3.63, 3.8) is 0 Å². The van der Waals surface area contributed by atoms with Crippen molar-refractivity contribution in [2.24, 2.45) is 0 Å². The van der Waals surface area contributed by atoms with Gasteiger partial charge in [0.25, 0.3) is 5.91 Å². The normalized spacial score (nSPS) is 14.0. The number of aromatic nitrogens is 1. The molecule has 1 heterocycles. The smallest absolute Gasteiger partial charge is 0.254 e. The van der Waals surface area contributed by atoms with Crippen LogP contribution in [0, 0.1) is 6.92 Å². The van der Waals surface area contributed by atoms with E-state index in [2.05, 4.69) is 10.6 Å². The van der Waals surface area contributed by atoms with Crippen molar-refractivity contribution in [2.75, 3.05) is 13.1 Å². The van der Waals surface area contributed by atoms with E-state index < -0.39 is 0 Å². The molecule has 1 saturated carbocycles. The highest BCUT2D eigenvalue weighted by Gasteiger charge is 2.28. The number of hydrogen-bond donors (Lipinski definition) is 0.